The predicted octanol–water partition coefficient (Wildman–Crippen LogP) is 5.14. The average molecular weight is 279 g/mol. The molecule has 0 unspecified atom stereocenters. The first-order chi connectivity index (χ1) is 9.70. The van der Waals surface area contributed by atoms with E-state index < -0.39 is 0 Å². The maximum absolute atomic E-state index is 5.18. The lowest BCUT2D eigenvalue weighted by Crippen LogP contribution is -1.98. The van der Waals surface area contributed by atoms with Crippen LogP contribution >= 0.6 is 0 Å². The van der Waals surface area contributed by atoms with Crippen molar-refractivity contribution in [1.82, 2.24) is 15.2 Å². The van der Waals surface area contributed by atoms with Gasteiger partial charge >= 0.3 is 0 Å². The van der Waals surface area contributed by atoms with Gasteiger partial charge in [0.15, 0.2) is 5.69 Å². The molecule has 0 spiro atoms. The molecular formula is C16H29N3O. The molecular weight excluding hydrogens is 250 g/mol. The van der Waals surface area contributed by atoms with Crippen LogP contribution in [0.5, 0.6) is 0 Å². The summed E-state index contributed by atoms with van der Waals surface area (Å²) in [5.74, 6) is 0.526. The van der Waals surface area contributed by atoms with Crippen LogP contribution in [0.3, 0.4) is 0 Å². The van der Waals surface area contributed by atoms with Gasteiger partial charge in [-0.3, -0.25) is 0 Å². The SMILES string of the molecule is CC.CC.CC.Cc1nnc(-c2ncco2)c(C)c1C. The Balaban J connectivity index is 0. The summed E-state index contributed by atoms with van der Waals surface area (Å²) < 4.78 is 5.18. The zero-order chi connectivity index (χ0) is 16.1. The van der Waals surface area contributed by atoms with Crippen molar-refractivity contribution in [3.8, 4) is 11.6 Å². The van der Waals surface area contributed by atoms with E-state index in [0.29, 0.717) is 5.89 Å². The summed E-state index contributed by atoms with van der Waals surface area (Å²) in [5, 5.41) is 8.12. The first-order valence-electron chi connectivity index (χ1n) is 7.40. The number of aryl methyl sites for hydroxylation is 1. The highest BCUT2D eigenvalue weighted by molar-refractivity contribution is 5.54. The minimum Gasteiger partial charge on any atom is -0.443 e. The summed E-state index contributed by atoms with van der Waals surface area (Å²) >= 11 is 0. The molecule has 0 atom stereocenters. The Morgan fingerprint density at radius 1 is 0.800 bits per heavy atom. The van der Waals surface area contributed by atoms with Crippen molar-refractivity contribution in [2.24, 2.45) is 0 Å². The number of hydrogen-bond donors (Lipinski definition) is 0. The quantitative estimate of drug-likeness (QED) is 0.725. The Morgan fingerprint density at radius 2 is 1.35 bits per heavy atom. The van der Waals surface area contributed by atoms with E-state index in [9.17, 15) is 0 Å². The van der Waals surface area contributed by atoms with Crippen molar-refractivity contribution < 1.29 is 4.42 Å². The van der Waals surface area contributed by atoms with Crippen LogP contribution in [0.1, 0.15) is 58.4 Å². The Hall–Kier alpha value is -1.71. The van der Waals surface area contributed by atoms with Gasteiger partial charge in [-0.15, -0.1) is 5.10 Å². The molecule has 0 bridgehead atoms. The molecule has 4 heteroatoms. The Bertz CT molecular complexity index is 451. The van der Waals surface area contributed by atoms with E-state index in [1.165, 1.54) is 6.26 Å². The van der Waals surface area contributed by atoms with E-state index in [4.69, 9.17) is 4.42 Å². The van der Waals surface area contributed by atoms with Crippen LogP contribution in [0.15, 0.2) is 16.9 Å². The van der Waals surface area contributed by atoms with Gasteiger partial charge in [0.2, 0.25) is 5.89 Å². The van der Waals surface area contributed by atoms with Crippen molar-refractivity contribution >= 4 is 0 Å². The van der Waals surface area contributed by atoms with Gasteiger partial charge in [0.1, 0.15) is 6.26 Å². The van der Waals surface area contributed by atoms with Crippen molar-refractivity contribution in [2.75, 3.05) is 0 Å². The monoisotopic (exact) mass is 279 g/mol. The molecule has 0 aliphatic carbocycles. The van der Waals surface area contributed by atoms with Crippen molar-refractivity contribution in [1.29, 1.82) is 0 Å². The van der Waals surface area contributed by atoms with Gasteiger partial charge in [0.25, 0.3) is 0 Å². The Labute approximate surface area is 123 Å². The molecule has 2 heterocycles. The van der Waals surface area contributed by atoms with Crippen LogP contribution in [0.4, 0.5) is 0 Å². The molecule has 0 radical (unpaired) electrons. The number of oxazole rings is 1. The predicted molar refractivity (Wildman–Crippen MR) is 85.8 cm³/mol. The number of hydrogen-bond acceptors (Lipinski definition) is 4. The molecule has 0 fully saturated rings. The zero-order valence-corrected chi connectivity index (χ0v) is 14.4. The second kappa shape index (κ2) is 12.3. The van der Waals surface area contributed by atoms with Crippen molar-refractivity contribution in [2.45, 2.75) is 62.3 Å². The van der Waals surface area contributed by atoms with Gasteiger partial charge in [0.05, 0.1) is 11.9 Å². The van der Waals surface area contributed by atoms with Gasteiger partial charge in [-0.25, -0.2) is 4.98 Å². The second-order valence-electron chi connectivity index (χ2n) is 3.22. The largest absolute Gasteiger partial charge is 0.443 e. The topological polar surface area (TPSA) is 51.8 Å². The normalized spacial score (nSPS) is 8.25. The lowest BCUT2D eigenvalue weighted by Gasteiger charge is -2.05. The summed E-state index contributed by atoms with van der Waals surface area (Å²) in [6.07, 6.45) is 3.14. The molecule has 2 aromatic heterocycles. The first kappa shape index (κ1) is 20.6. The van der Waals surface area contributed by atoms with Gasteiger partial charge in [-0.05, 0) is 31.9 Å². The lowest BCUT2D eigenvalue weighted by molar-refractivity contribution is 0.569. The van der Waals surface area contributed by atoms with Crippen LogP contribution in [0, 0.1) is 20.8 Å². The van der Waals surface area contributed by atoms with Crippen LogP contribution in [0.2, 0.25) is 0 Å². The molecule has 0 saturated heterocycles. The highest BCUT2D eigenvalue weighted by atomic mass is 16.3. The van der Waals surface area contributed by atoms with E-state index in [1.807, 2.05) is 62.3 Å². The van der Waals surface area contributed by atoms with Gasteiger partial charge in [0, 0.05) is 0 Å². The molecule has 20 heavy (non-hydrogen) atoms. The van der Waals surface area contributed by atoms with Gasteiger partial charge < -0.3 is 4.42 Å². The molecule has 0 saturated carbocycles. The maximum atomic E-state index is 5.18. The second-order valence-corrected chi connectivity index (χ2v) is 3.22. The third-order valence-corrected chi connectivity index (χ3v) is 2.40. The van der Waals surface area contributed by atoms with Crippen LogP contribution in [-0.4, -0.2) is 15.2 Å². The van der Waals surface area contributed by atoms with Gasteiger partial charge in [-0.2, -0.15) is 5.10 Å². The minimum atomic E-state index is 0.526. The molecule has 2 rings (SSSR count). The molecule has 0 aliphatic rings. The fourth-order valence-corrected chi connectivity index (χ4v) is 1.27. The molecule has 114 valence electrons. The summed E-state index contributed by atoms with van der Waals surface area (Å²) in [6, 6.07) is 0. The zero-order valence-electron chi connectivity index (χ0n) is 14.4. The average Bonchev–Trinajstić information content (AvgIpc) is 3.05. The van der Waals surface area contributed by atoms with Crippen LogP contribution in [-0.2, 0) is 0 Å². The molecule has 0 aromatic carbocycles. The van der Waals surface area contributed by atoms with E-state index in [0.717, 1.165) is 22.5 Å². The van der Waals surface area contributed by atoms with E-state index in [2.05, 4.69) is 15.2 Å². The molecule has 0 amide bonds. The Morgan fingerprint density at radius 3 is 1.80 bits per heavy atom. The first-order valence-corrected chi connectivity index (χ1v) is 7.40. The number of nitrogens with zero attached hydrogens (tertiary/aromatic N) is 3. The summed E-state index contributed by atoms with van der Waals surface area (Å²) in [6.45, 7) is 18.0. The van der Waals surface area contributed by atoms with E-state index in [1.54, 1.807) is 6.20 Å². The van der Waals surface area contributed by atoms with Gasteiger partial charge in [-0.1, -0.05) is 41.5 Å². The van der Waals surface area contributed by atoms with Crippen LogP contribution < -0.4 is 0 Å². The lowest BCUT2D eigenvalue weighted by atomic mass is 10.1. The highest BCUT2D eigenvalue weighted by Gasteiger charge is 2.11. The standard InChI is InChI=1S/C10H11N3O.3C2H6/c1-6-7(2)9(13-12-8(6)3)10-11-4-5-14-10;3*1-2/h4-5H,1-3H3;3*1-2H3. The maximum Gasteiger partial charge on any atom is 0.247 e. The Kier molecular flexibility index (Phi) is 12.7. The fraction of sp³-hybridized carbons (Fsp3) is 0.562. The van der Waals surface area contributed by atoms with Crippen LogP contribution in [0.25, 0.3) is 11.6 Å². The van der Waals surface area contributed by atoms with Crippen molar-refractivity contribution in [3.63, 3.8) is 0 Å². The fourth-order valence-electron chi connectivity index (χ4n) is 1.27. The third-order valence-electron chi connectivity index (χ3n) is 2.40. The molecule has 4 nitrogen and oxygen atoms in total. The van der Waals surface area contributed by atoms with E-state index in [-0.39, 0.29) is 0 Å². The number of rotatable bonds is 1. The summed E-state index contributed by atoms with van der Waals surface area (Å²) in [5.41, 5.74) is 3.86. The highest BCUT2D eigenvalue weighted by Crippen LogP contribution is 2.21. The van der Waals surface area contributed by atoms with E-state index >= 15 is 0 Å². The third kappa shape index (κ3) is 5.51. The van der Waals surface area contributed by atoms with Crippen molar-refractivity contribution in [3.05, 3.63) is 29.3 Å². The smallest absolute Gasteiger partial charge is 0.247 e. The minimum absolute atomic E-state index is 0.526. The molecule has 0 aliphatic heterocycles. The molecule has 0 N–H and O–H groups in total. The number of aromatic nitrogens is 3. The molecule has 2 aromatic rings. The summed E-state index contributed by atoms with van der Waals surface area (Å²) in [4.78, 5) is 4.05. The summed E-state index contributed by atoms with van der Waals surface area (Å²) in [7, 11) is 0.